The Morgan fingerprint density at radius 1 is 0.496 bits per heavy atom. The Kier molecular flexibility index (Phi) is 26.0. The van der Waals surface area contributed by atoms with Gasteiger partial charge in [-0.15, -0.1) is 0 Å². The average Bonchev–Trinajstić information content (AvgIpc) is 1.69. The van der Waals surface area contributed by atoms with Gasteiger partial charge in [0.1, 0.15) is 5.82 Å². The minimum Gasteiger partial charge on any atom is -0.383 e. The summed E-state index contributed by atoms with van der Waals surface area (Å²) in [6.45, 7) is 6.39. The number of amides is 3. The molecule has 3 fully saturated rings. The Morgan fingerprint density at radius 3 is 1.34 bits per heavy atom. The number of likely N-dealkylation sites (N-methyl/N-ethyl adjacent to an activating group) is 1. The second-order valence-corrected chi connectivity index (χ2v) is 32.2. The number of carbonyl (C=O) groups excluding carboxylic acids is 3. The molecule has 4 atom stereocenters. The number of hydrogen-bond acceptors (Lipinski definition) is 18. The van der Waals surface area contributed by atoms with Crippen LogP contribution in [0.15, 0.2) is 295 Å². The number of aromatic amines is 4. The maximum absolute atomic E-state index is 14.9. The highest BCUT2D eigenvalue weighted by molar-refractivity contribution is 5.97. The molecule has 2 saturated carbocycles. The molecule has 3 amide bonds. The highest BCUT2D eigenvalue weighted by atomic mass is 19.4. The number of piperazine rings is 1. The first-order valence-corrected chi connectivity index (χ1v) is 42.8. The third-order valence-corrected chi connectivity index (χ3v) is 23.6. The minimum absolute atomic E-state index is 0.0111. The van der Waals surface area contributed by atoms with Crippen molar-refractivity contribution in [2.24, 2.45) is 11.8 Å². The molecule has 17 aromatic rings. The van der Waals surface area contributed by atoms with E-state index < -0.39 is 11.7 Å². The number of halogens is 4. The number of aromatic nitrogens is 13. The summed E-state index contributed by atoms with van der Waals surface area (Å²) in [6.07, 6.45) is 24.1. The highest BCUT2D eigenvalue weighted by Gasteiger charge is 2.40. The van der Waals surface area contributed by atoms with E-state index in [4.69, 9.17) is 4.74 Å². The largest absolute Gasteiger partial charge is 0.416 e. The van der Waals surface area contributed by atoms with Crippen LogP contribution in [0.5, 0.6) is 0 Å². The predicted molar refractivity (Wildman–Crippen MR) is 498 cm³/mol. The molecule has 2 aliphatic carbocycles. The number of nitrogens with one attached hydrogen (secondary N) is 11. The molecule has 131 heavy (non-hydrogen) atoms. The number of carbonyl (C=O) groups is 3. The monoisotopic (exact) mass is 1760 g/mol. The van der Waals surface area contributed by atoms with Crippen molar-refractivity contribution < 1.29 is 36.7 Å². The van der Waals surface area contributed by atoms with Crippen molar-refractivity contribution >= 4 is 91.5 Å². The van der Waals surface area contributed by atoms with Gasteiger partial charge in [0, 0.05) is 200 Å². The van der Waals surface area contributed by atoms with Gasteiger partial charge in [0.05, 0.1) is 75.6 Å². The number of pyridine rings is 7. The quantitative estimate of drug-likeness (QED) is 0.0265. The molecule has 12 aromatic heterocycles. The number of anilines is 9. The number of ether oxygens (including phenoxy) is 1. The molecule has 5 aromatic carbocycles. The Labute approximate surface area is 747 Å². The average molecular weight is 1770 g/mol. The highest BCUT2D eigenvalue weighted by Crippen LogP contribution is 2.45. The summed E-state index contributed by atoms with van der Waals surface area (Å²) in [5.74, 6) is 0.735. The van der Waals surface area contributed by atoms with Crippen LogP contribution in [0.1, 0.15) is 81.2 Å². The first-order chi connectivity index (χ1) is 63.7. The summed E-state index contributed by atoms with van der Waals surface area (Å²) in [4.78, 5) is 103. The summed E-state index contributed by atoms with van der Waals surface area (Å²) >= 11 is 0. The van der Waals surface area contributed by atoms with Gasteiger partial charge >= 0.3 is 6.18 Å². The summed E-state index contributed by atoms with van der Waals surface area (Å²) in [7, 11) is 3.73. The summed E-state index contributed by atoms with van der Waals surface area (Å²) in [5.41, 5.74) is 17.7. The number of rotatable bonds is 23. The van der Waals surface area contributed by atoms with E-state index in [1.165, 1.54) is 37.5 Å². The number of nitrogens with zero attached hydrogens (tertiary/aromatic N) is 11. The number of alkyl halides is 3. The second-order valence-electron chi connectivity index (χ2n) is 32.2. The Balaban J connectivity index is 0.000000123. The Bertz CT molecular complexity index is 7100. The maximum atomic E-state index is 14.9. The number of fused-ring (bicyclic) bond motifs is 6. The molecule has 13 heterocycles. The van der Waals surface area contributed by atoms with Crippen LogP contribution < -0.4 is 58.8 Å². The first-order valence-electron chi connectivity index (χ1n) is 42.8. The van der Waals surface area contributed by atoms with Crippen LogP contribution in [0.25, 0.3) is 67.6 Å². The van der Waals surface area contributed by atoms with E-state index >= 15 is 0 Å². The zero-order valence-electron chi connectivity index (χ0n) is 71.4. The summed E-state index contributed by atoms with van der Waals surface area (Å²) < 4.78 is 65.8. The molecule has 29 nitrogen and oxygen atoms in total. The first kappa shape index (κ1) is 87.1. The fraction of sp³-hybridized carbons (Fsp3) is 0.194. The Morgan fingerprint density at radius 2 is 0.939 bits per heavy atom. The zero-order valence-corrected chi connectivity index (χ0v) is 71.4. The van der Waals surface area contributed by atoms with Crippen LogP contribution >= 0.6 is 0 Å². The molecule has 33 heteroatoms. The van der Waals surface area contributed by atoms with Crippen LogP contribution in [-0.4, -0.2) is 144 Å². The predicted octanol–water partition coefficient (Wildman–Crippen LogP) is 16.7. The van der Waals surface area contributed by atoms with Gasteiger partial charge in [-0.1, -0.05) is 25.5 Å². The van der Waals surface area contributed by atoms with E-state index in [9.17, 15) is 46.3 Å². The smallest absolute Gasteiger partial charge is 0.383 e. The van der Waals surface area contributed by atoms with Crippen LogP contribution in [0.4, 0.5) is 68.7 Å². The third-order valence-electron chi connectivity index (χ3n) is 23.6. The lowest BCUT2D eigenvalue weighted by atomic mass is 9.95. The van der Waals surface area contributed by atoms with Crippen LogP contribution in [0.2, 0.25) is 0 Å². The van der Waals surface area contributed by atoms with Crippen molar-refractivity contribution in [3.8, 4) is 45.0 Å². The molecule has 20 rings (SSSR count). The number of methoxy groups -OCH3 is 1. The van der Waals surface area contributed by atoms with Crippen molar-refractivity contribution in [2.45, 2.75) is 63.8 Å². The summed E-state index contributed by atoms with van der Waals surface area (Å²) in [6, 6.07) is 57.6. The van der Waals surface area contributed by atoms with Crippen molar-refractivity contribution in [1.29, 1.82) is 0 Å². The van der Waals surface area contributed by atoms with Gasteiger partial charge in [-0.2, -0.15) is 18.3 Å². The van der Waals surface area contributed by atoms with E-state index in [-0.39, 0.29) is 52.8 Å². The fourth-order valence-electron chi connectivity index (χ4n) is 16.7. The van der Waals surface area contributed by atoms with Gasteiger partial charge in [0.15, 0.2) is 22.6 Å². The summed E-state index contributed by atoms with van der Waals surface area (Å²) in [5, 5.41) is 29.0. The standard InChI is InChI=1S/C27H20F3N5O2.C26H25N5O2.C24H25N5O3.C21H22FN7/c28-27(29,30)20-5-1-17(2-6-20)16-33-26(37)18-3-7-21(8-4-18)34-22-9-10-23(35-14-13-32-25(22)35)19-11-12-31-24(36)15-19;32-24-15-19(9-10-27-24)23-8-7-21(25-28-11-12-31(23)25)29-20-5-3-17(4-6-20)26(33)30-22-14-16-1-2-18(22)13-16;1-3-18(15-32-2)28-24(31)16-4-6-19(7-5-16)27-20-8-9-21(29-13-12-26-23(20)29)17-10-11-25-22(30)14-17;1-27-8-10-28(11-9-27)16-2-3-18(17(22)12-16)26-19-4-5-20(15-13-24-25-14-15)29-7-6-23-21(19)29/h1-15,34H,16H2,(H,31,36)(H,33,37);3-12,15-16,18,22,29H,1-2,13-14H2,(H,27,32)(H,30,33);4-14,18,27H,3,15H2,1-2H3,(H,25,30)(H,28,31);2-7,12-14,26H,8-11H2,1H3,(H,24,25)/t;16-,18+,22?;;/m.0../s1. The molecular formula is C98H92F4N22O7. The fourth-order valence-corrected chi connectivity index (χ4v) is 16.7. The lowest BCUT2D eigenvalue weighted by Crippen LogP contribution is -2.44. The van der Waals surface area contributed by atoms with Gasteiger partial charge in [-0.05, 0) is 220 Å². The third kappa shape index (κ3) is 20.4. The van der Waals surface area contributed by atoms with Crippen LogP contribution in [0, 0.1) is 17.7 Å². The lowest BCUT2D eigenvalue weighted by molar-refractivity contribution is -0.137. The van der Waals surface area contributed by atoms with E-state index in [1.54, 1.807) is 124 Å². The van der Waals surface area contributed by atoms with Gasteiger partial charge in [-0.25, -0.2) is 24.3 Å². The van der Waals surface area contributed by atoms with Gasteiger partial charge in [0.2, 0.25) is 16.7 Å². The van der Waals surface area contributed by atoms with E-state index in [2.05, 4.69) is 99.2 Å². The van der Waals surface area contributed by atoms with E-state index in [0.717, 1.165) is 165 Å². The van der Waals surface area contributed by atoms with Gasteiger partial charge < -0.3 is 66.7 Å². The molecule has 0 spiro atoms. The van der Waals surface area contributed by atoms with Crippen molar-refractivity contribution in [1.82, 2.24) is 83.5 Å². The molecule has 11 N–H and O–H groups in total. The number of imidazole rings is 4. The van der Waals surface area contributed by atoms with Gasteiger partial charge in [0.25, 0.3) is 17.7 Å². The maximum Gasteiger partial charge on any atom is 0.416 e. The molecular weight excluding hydrogens is 1670 g/mol. The topological polar surface area (TPSA) is 348 Å². The number of H-pyrrole nitrogens is 4. The molecule has 3 aliphatic rings. The van der Waals surface area contributed by atoms with Crippen LogP contribution in [-0.2, 0) is 17.5 Å². The molecule has 1 saturated heterocycles. The van der Waals surface area contributed by atoms with Gasteiger partial charge in [-0.3, -0.25) is 51.5 Å². The Hall–Kier alpha value is -16.0. The number of benzene rings is 5. The lowest BCUT2D eigenvalue weighted by Gasteiger charge is -2.34. The normalized spacial score (nSPS) is 14.9. The molecule has 0 radical (unpaired) electrons. The van der Waals surface area contributed by atoms with Crippen molar-refractivity contribution in [3.63, 3.8) is 0 Å². The van der Waals surface area contributed by atoms with Crippen molar-refractivity contribution in [2.75, 3.05) is 73.1 Å². The van der Waals surface area contributed by atoms with E-state index in [0.29, 0.717) is 52.2 Å². The van der Waals surface area contributed by atoms with E-state index in [1.807, 2.05) is 159 Å². The molecule has 2 bridgehead atoms. The molecule has 1 aliphatic heterocycles. The van der Waals surface area contributed by atoms with Crippen LogP contribution in [0.3, 0.4) is 0 Å². The zero-order chi connectivity index (χ0) is 90.7. The SMILES string of the molecule is CCC(COC)NC(=O)c1ccc(Nc2ccc(-c3cc[nH]c(=O)c3)n3ccnc23)cc1.CN1CCN(c2ccc(Nc3ccc(-c4cn[nH]c4)n4ccnc34)c(F)c2)CC1.O=C(NC1C[C@H]2CC[C@@H]1C2)c1ccc(Nc2ccc(-c3cc[nH]c(=O)c3)n3ccnc23)cc1.O=C(NCc1ccc(C(F)(F)F)cc1)c1ccc(Nc2ccc(-c3cc[nH]c(=O)c3)n3ccnc23)cc1. The second kappa shape index (κ2) is 39.1. The number of hydrogen-bond donors (Lipinski definition) is 11. The molecule has 664 valence electrons. The van der Waals surface area contributed by atoms with Crippen molar-refractivity contribution in [3.05, 3.63) is 345 Å². The molecule has 2 unspecified atom stereocenters. The minimum atomic E-state index is -4.40.